The number of hydrogen-bond acceptors (Lipinski definition) is 2. The summed E-state index contributed by atoms with van der Waals surface area (Å²) in [6, 6.07) is 20.3. The molecule has 110 valence electrons. The van der Waals surface area contributed by atoms with Crippen molar-refractivity contribution in [3.8, 4) is 22.3 Å². The monoisotopic (exact) mass is 292 g/mol. The Bertz CT molecular complexity index is 778. The minimum Gasteiger partial charge on any atom is -0.399 e. The van der Waals surface area contributed by atoms with Crippen LogP contribution in [0.15, 0.2) is 66.7 Å². The van der Waals surface area contributed by atoms with Crippen LogP contribution in [0, 0.1) is 5.82 Å². The van der Waals surface area contributed by atoms with E-state index in [0.29, 0.717) is 17.8 Å². The molecule has 0 atom stereocenters. The highest BCUT2D eigenvalue weighted by molar-refractivity contribution is 5.72. The van der Waals surface area contributed by atoms with Crippen LogP contribution in [0.5, 0.6) is 0 Å². The molecule has 0 spiro atoms. The Balaban J connectivity index is 1.96. The summed E-state index contributed by atoms with van der Waals surface area (Å²) in [5.41, 5.74) is 16.2. The molecule has 4 N–H and O–H groups in total. The molecule has 3 rings (SSSR count). The molecule has 22 heavy (non-hydrogen) atoms. The number of benzene rings is 3. The van der Waals surface area contributed by atoms with Gasteiger partial charge in [0.25, 0.3) is 0 Å². The molecule has 0 saturated carbocycles. The fourth-order valence-corrected chi connectivity index (χ4v) is 2.42. The van der Waals surface area contributed by atoms with Crippen LogP contribution in [-0.4, -0.2) is 0 Å². The second kappa shape index (κ2) is 6.00. The van der Waals surface area contributed by atoms with E-state index < -0.39 is 0 Å². The summed E-state index contributed by atoms with van der Waals surface area (Å²) < 4.78 is 14.4. The van der Waals surface area contributed by atoms with Gasteiger partial charge in [0.15, 0.2) is 0 Å². The van der Waals surface area contributed by atoms with Gasteiger partial charge in [-0.05, 0) is 40.5 Å². The highest BCUT2D eigenvalue weighted by Gasteiger charge is 2.07. The summed E-state index contributed by atoms with van der Waals surface area (Å²) in [4.78, 5) is 0. The summed E-state index contributed by atoms with van der Waals surface area (Å²) >= 11 is 0. The van der Waals surface area contributed by atoms with Crippen molar-refractivity contribution in [2.24, 2.45) is 5.73 Å². The van der Waals surface area contributed by atoms with Gasteiger partial charge in [0.05, 0.1) is 0 Å². The lowest BCUT2D eigenvalue weighted by Gasteiger charge is -2.08. The van der Waals surface area contributed by atoms with Gasteiger partial charge < -0.3 is 11.5 Å². The van der Waals surface area contributed by atoms with Crippen molar-refractivity contribution in [3.63, 3.8) is 0 Å². The van der Waals surface area contributed by atoms with Gasteiger partial charge in [-0.1, -0.05) is 48.5 Å². The van der Waals surface area contributed by atoms with Gasteiger partial charge in [-0.15, -0.1) is 0 Å². The SMILES string of the molecule is NCc1ccc(-c2ccc(-c3ccc(N)cc3)c(F)c2)cc1. The van der Waals surface area contributed by atoms with Gasteiger partial charge in [-0.25, -0.2) is 4.39 Å². The van der Waals surface area contributed by atoms with E-state index in [9.17, 15) is 4.39 Å². The Morgan fingerprint density at radius 1 is 0.727 bits per heavy atom. The van der Waals surface area contributed by atoms with Crippen molar-refractivity contribution >= 4 is 5.69 Å². The van der Waals surface area contributed by atoms with Crippen LogP contribution in [0.3, 0.4) is 0 Å². The third-order valence-electron chi connectivity index (χ3n) is 3.71. The molecule has 0 amide bonds. The molecule has 0 aromatic heterocycles. The standard InChI is InChI=1S/C19H17FN2/c20-19-11-16(14-3-1-13(12-21)2-4-14)7-10-18(19)15-5-8-17(22)9-6-15/h1-11H,12,21-22H2. The quantitative estimate of drug-likeness (QED) is 0.711. The normalized spacial score (nSPS) is 10.6. The first-order chi connectivity index (χ1) is 10.7. The number of halogens is 1. The highest BCUT2D eigenvalue weighted by Crippen LogP contribution is 2.28. The zero-order valence-corrected chi connectivity index (χ0v) is 12.1. The van der Waals surface area contributed by atoms with E-state index in [0.717, 1.165) is 22.3 Å². The van der Waals surface area contributed by atoms with Gasteiger partial charge in [0, 0.05) is 17.8 Å². The molecule has 0 bridgehead atoms. The highest BCUT2D eigenvalue weighted by atomic mass is 19.1. The fourth-order valence-electron chi connectivity index (χ4n) is 2.42. The van der Waals surface area contributed by atoms with Crippen LogP contribution >= 0.6 is 0 Å². The second-order valence-corrected chi connectivity index (χ2v) is 5.22. The lowest BCUT2D eigenvalue weighted by molar-refractivity contribution is 0.632. The van der Waals surface area contributed by atoms with Crippen LogP contribution in [0.4, 0.5) is 10.1 Å². The Labute approximate surface area is 129 Å². The first kappa shape index (κ1) is 14.3. The van der Waals surface area contributed by atoms with Crippen molar-refractivity contribution < 1.29 is 4.39 Å². The number of nitrogen functional groups attached to an aromatic ring is 1. The van der Waals surface area contributed by atoms with Crippen molar-refractivity contribution in [3.05, 3.63) is 78.1 Å². The molecule has 3 aromatic rings. The summed E-state index contributed by atoms with van der Waals surface area (Å²) in [5.74, 6) is -0.245. The molecule has 2 nitrogen and oxygen atoms in total. The molecule has 0 unspecified atom stereocenters. The van der Waals surface area contributed by atoms with Crippen LogP contribution in [-0.2, 0) is 6.54 Å². The van der Waals surface area contributed by atoms with E-state index >= 15 is 0 Å². The molecule has 3 aromatic carbocycles. The third kappa shape index (κ3) is 2.85. The van der Waals surface area contributed by atoms with Crippen molar-refractivity contribution in [2.75, 3.05) is 5.73 Å². The van der Waals surface area contributed by atoms with Gasteiger partial charge >= 0.3 is 0 Å². The van der Waals surface area contributed by atoms with Gasteiger partial charge in [-0.3, -0.25) is 0 Å². The fraction of sp³-hybridized carbons (Fsp3) is 0.0526. The predicted molar refractivity (Wildman–Crippen MR) is 89.6 cm³/mol. The molecule has 0 fully saturated rings. The maximum absolute atomic E-state index is 14.4. The van der Waals surface area contributed by atoms with Crippen LogP contribution in [0.1, 0.15) is 5.56 Å². The molecule has 3 heteroatoms. The van der Waals surface area contributed by atoms with E-state index in [1.54, 1.807) is 24.3 Å². The maximum atomic E-state index is 14.4. The predicted octanol–water partition coefficient (Wildman–Crippen LogP) is 4.20. The van der Waals surface area contributed by atoms with E-state index in [4.69, 9.17) is 11.5 Å². The van der Waals surface area contributed by atoms with E-state index in [-0.39, 0.29) is 5.82 Å². The first-order valence-electron chi connectivity index (χ1n) is 7.12. The summed E-state index contributed by atoms with van der Waals surface area (Å²) in [5, 5.41) is 0. The lowest BCUT2D eigenvalue weighted by Crippen LogP contribution is -1.95. The van der Waals surface area contributed by atoms with Crippen molar-refractivity contribution in [2.45, 2.75) is 6.54 Å². The molecule has 0 saturated heterocycles. The molecule has 0 radical (unpaired) electrons. The summed E-state index contributed by atoms with van der Waals surface area (Å²) in [7, 11) is 0. The second-order valence-electron chi connectivity index (χ2n) is 5.22. The molecule has 0 aliphatic carbocycles. The zero-order chi connectivity index (χ0) is 15.5. The van der Waals surface area contributed by atoms with E-state index in [2.05, 4.69) is 0 Å². The zero-order valence-electron chi connectivity index (χ0n) is 12.1. The van der Waals surface area contributed by atoms with Gasteiger partial charge in [-0.2, -0.15) is 0 Å². The number of rotatable bonds is 3. The van der Waals surface area contributed by atoms with Gasteiger partial charge in [0.1, 0.15) is 5.82 Å². The van der Waals surface area contributed by atoms with Crippen molar-refractivity contribution in [1.29, 1.82) is 0 Å². The third-order valence-corrected chi connectivity index (χ3v) is 3.71. The topological polar surface area (TPSA) is 52.0 Å². The number of hydrogen-bond donors (Lipinski definition) is 2. The van der Waals surface area contributed by atoms with E-state index in [1.165, 1.54) is 0 Å². The molecular weight excluding hydrogens is 275 g/mol. The van der Waals surface area contributed by atoms with E-state index in [1.807, 2.05) is 42.5 Å². The first-order valence-corrected chi connectivity index (χ1v) is 7.12. The maximum Gasteiger partial charge on any atom is 0.131 e. The van der Waals surface area contributed by atoms with Crippen molar-refractivity contribution in [1.82, 2.24) is 0 Å². The summed E-state index contributed by atoms with van der Waals surface area (Å²) in [6.45, 7) is 0.505. The minimum absolute atomic E-state index is 0.245. The smallest absolute Gasteiger partial charge is 0.131 e. The lowest BCUT2D eigenvalue weighted by atomic mass is 9.99. The Hall–Kier alpha value is -2.65. The number of nitrogens with two attached hydrogens (primary N) is 2. The minimum atomic E-state index is -0.245. The Kier molecular flexibility index (Phi) is 3.90. The van der Waals surface area contributed by atoms with Crippen LogP contribution in [0.2, 0.25) is 0 Å². The van der Waals surface area contributed by atoms with Gasteiger partial charge in [0.2, 0.25) is 0 Å². The molecule has 0 heterocycles. The molecular formula is C19H17FN2. The Morgan fingerprint density at radius 2 is 1.32 bits per heavy atom. The largest absolute Gasteiger partial charge is 0.399 e. The Morgan fingerprint density at radius 3 is 1.91 bits per heavy atom. The molecule has 0 aliphatic rings. The average Bonchev–Trinajstić information content (AvgIpc) is 2.56. The molecule has 0 aliphatic heterocycles. The number of anilines is 1. The summed E-state index contributed by atoms with van der Waals surface area (Å²) in [6.07, 6.45) is 0. The average molecular weight is 292 g/mol. The van der Waals surface area contributed by atoms with Crippen LogP contribution < -0.4 is 11.5 Å². The van der Waals surface area contributed by atoms with Crippen LogP contribution in [0.25, 0.3) is 22.3 Å².